The van der Waals surface area contributed by atoms with Crippen LogP contribution in [0.2, 0.25) is 0 Å². The van der Waals surface area contributed by atoms with E-state index in [0.29, 0.717) is 30.6 Å². The molecule has 26 heavy (non-hydrogen) atoms. The van der Waals surface area contributed by atoms with Gasteiger partial charge < -0.3 is 4.90 Å². The Bertz CT molecular complexity index is 876. The van der Waals surface area contributed by atoms with Gasteiger partial charge in [0.25, 0.3) is 5.56 Å². The van der Waals surface area contributed by atoms with Crippen LogP contribution in [-0.2, 0) is 23.9 Å². The van der Waals surface area contributed by atoms with E-state index in [1.165, 1.54) is 12.1 Å². The predicted molar refractivity (Wildman–Crippen MR) is 88.5 cm³/mol. The summed E-state index contributed by atoms with van der Waals surface area (Å²) in [5, 5.41) is 6.35. The van der Waals surface area contributed by atoms with Crippen molar-refractivity contribution in [1.29, 1.82) is 0 Å². The minimum atomic E-state index is -4.41. The van der Waals surface area contributed by atoms with Crippen molar-refractivity contribution in [2.24, 2.45) is 0 Å². The molecule has 1 aromatic heterocycles. The van der Waals surface area contributed by atoms with E-state index in [-0.39, 0.29) is 23.8 Å². The summed E-state index contributed by atoms with van der Waals surface area (Å²) >= 11 is 0. The second-order valence-electron chi connectivity index (χ2n) is 6.50. The van der Waals surface area contributed by atoms with Gasteiger partial charge in [-0.2, -0.15) is 18.3 Å². The maximum Gasteiger partial charge on any atom is 0.416 e. The molecule has 1 aliphatic heterocycles. The summed E-state index contributed by atoms with van der Waals surface area (Å²) in [7, 11) is 0. The number of rotatable bonds is 3. The topological polar surface area (TPSA) is 66.1 Å². The van der Waals surface area contributed by atoms with E-state index in [4.69, 9.17) is 0 Å². The largest absolute Gasteiger partial charge is 0.416 e. The maximum absolute atomic E-state index is 12.8. The number of nitrogens with zero attached hydrogens (tertiary/aromatic N) is 2. The fraction of sp³-hybridized carbons (Fsp3) is 0.389. The Labute approximate surface area is 147 Å². The zero-order valence-corrected chi connectivity index (χ0v) is 14.1. The van der Waals surface area contributed by atoms with Crippen LogP contribution in [0.5, 0.6) is 0 Å². The highest BCUT2D eigenvalue weighted by Crippen LogP contribution is 2.32. The number of benzene rings is 1. The van der Waals surface area contributed by atoms with Gasteiger partial charge in [0.05, 0.1) is 11.3 Å². The van der Waals surface area contributed by atoms with Crippen LogP contribution >= 0.6 is 0 Å². The molecular formula is C18H18F3N3O2. The fourth-order valence-corrected chi connectivity index (χ4v) is 3.09. The Morgan fingerprint density at radius 3 is 2.85 bits per heavy atom. The van der Waals surface area contributed by atoms with E-state index in [2.05, 4.69) is 10.2 Å². The minimum absolute atomic E-state index is 0.104. The molecule has 1 amide bonds. The monoisotopic (exact) mass is 365 g/mol. The van der Waals surface area contributed by atoms with Crippen LogP contribution in [0.15, 0.2) is 35.1 Å². The average molecular weight is 365 g/mol. The number of fused-ring (bicyclic) bond motifs is 1. The van der Waals surface area contributed by atoms with Crippen molar-refractivity contribution in [2.75, 3.05) is 6.54 Å². The molecule has 2 heterocycles. The zero-order valence-electron chi connectivity index (χ0n) is 14.1. The predicted octanol–water partition coefficient (Wildman–Crippen LogP) is 2.87. The van der Waals surface area contributed by atoms with Crippen molar-refractivity contribution in [1.82, 2.24) is 15.1 Å². The molecule has 2 aromatic rings. The van der Waals surface area contributed by atoms with Crippen LogP contribution < -0.4 is 5.56 Å². The summed E-state index contributed by atoms with van der Waals surface area (Å²) < 4.78 is 38.5. The Hall–Kier alpha value is -2.64. The second kappa shape index (κ2) is 6.93. The number of aromatic nitrogens is 2. The molecule has 5 nitrogen and oxygen atoms in total. The highest BCUT2D eigenvalue weighted by molar-refractivity contribution is 5.77. The molecule has 0 saturated carbocycles. The van der Waals surface area contributed by atoms with Crippen molar-refractivity contribution in [3.05, 3.63) is 63.1 Å². The maximum atomic E-state index is 12.8. The van der Waals surface area contributed by atoms with Crippen molar-refractivity contribution >= 4 is 5.91 Å². The fourth-order valence-electron chi connectivity index (χ4n) is 3.09. The molecule has 1 N–H and O–H groups in total. The number of halogens is 3. The zero-order chi connectivity index (χ0) is 18.9. The Morgan fingerprint density at radius 2 is 2.12 bits per heavy atom. The SMILES string of the molecule is CC(CC(=O)N1CCc2n[nH]c(=O)cc2C1)c1cccc(C(F)(F)F)c1. The third-order valence-electron chi connectivity index (χ3n) is 4.57. The molecule has 3 rings (SSSR count). The summed E-state index contributed by atoms with van der Waals surface area (Å²) in [6, 6.07) is 6.49. The van der Waals surface area contributed by atoms with E-state index in [1.54, 1.807) is 17.9 Å². The first-order valence-corrected chi connectivity index (χ1v) is 8.26. The van der Waals surface area contributed by atoms with Crippen molar-refractivity contribution in [3.63, 3.8) is 0 Å². The van der Waals surface area contributed by atoms with Gasteiger partial charge in [0, 0.05) is 37.6 Å². The third kappa shape index (κ3) is 3.95. The molecule has 1 aliphatic rings. The van der Waals surface area contributed by atoms with E-state index in [9.17, 15) is 22.8 Å². The van der Waals surface area contributed by atoms with Crippen molar-refractivity contribution < 1.29 is 18.0 Å². The molecule has 0 radical (unpaired) electrons. The smallest absolute Gasteiger partial charge is 0.338 e. The lowest BCUT2D eigenvalue weighted by molar-refractivity contribution is -0.137. The first-order chi connectivity index (χ1) is 12.2. The lowest BCUT2D eigenvalue weighted by Gasteiger charge is -2.29. The van der Waals surface area contributed by atoms with Gasteiger partial charge in [0.15, 0.2) is 0 Å². The van der Waals surface area contributed by atoms with Gasteiger partial charge in [0.1, 0.15) is 0 Å². The van der Waals surface area contributed by atoms with Crippen LogP contribution in [0.25, 0.3) is 0 Å². The van der Waals surface area contributed by atoms with Crippen LogP contribution in [0.1, 0.15) is 41.6 Å². The number of carbonyl (C=O) groups is 1. The third-order valence-corrected chi connectivity index (χ3v) is 4.57. The van der Waals surface area contributed by atoms with Crippen molar-refractivity contribution in [2.45, 2.75) is 38.4 Å². The quantitative estimate of drug-likeness (QED) is 0.910. The number of hydrogen-bond donors (Lipinski definition) is 1. The van der Waals surface area contributed by atoms with Gasteiger partial charge in [-0.25, -0.2) is 5.10 Å². The number of amides is 1. The molecule has 1 unspecified atom stereocenters. The molecule has 0 fully saturated rings. The van der Waals surface area contributed by atoms with Gasteiger partial charge in [-0.15, -0.1) is 0 Å². The van der Waals surface area contributed by atoms with Gasteiger partial charge in [0.2, 0.25) is 5.91 Å². The Morgan fingerprint density at radius 1 is 1.35 bits per heavy atom. The molecule has 0 saturated heterocycles. The lowest BCUT2D eigenvalue weighted by Crippen LogP contribution is -2.37. The number of alkyl halides is 3. The second-order valence-corrected chi connectivity index (χ2v) is 6.50. The number of carbonyl (C=O) groups excluding carboxylic acids is 1. The molecule has 0 aliphatic carbocycles. The van der Waals surface area contributed by atoms with E-state index < -0.39 is 11.7 Å². The molecule has 0 bridgehead atoms. The van der Waals surface area contributed by atoms with Gasteiger partial charge >= 0.3 is 6.18 Å². The number of hydrogen-bond acceptors (Lipinski definition) is 3. The average Bonchev–Trinajstić information content (AvgIpc) is 2.60. The summed E-state index contributed by atoms with van der Waals surface area (Å²) in [6.45, 7) is 2.50. The van der Waals surface area contributed by atoms with Crippen LogP contribution in [0, 0.1) is 0 Å². The lowest BCUT2D eigenvalue weighted by atomic mass is 9.95. The minimum Gasteiger partial charge on any atom is -0.338 e. The molecule has 8 heteroatoms. The number of H-pyrrole nitrogens is 1. The Balaban J connectivity index is 1.69. The highest BCUT2D eigenvalue weighted by atomic mass is 19.4. The molecular weight excluding hydrogens is 347 g/mol. The van der Waals surface area contributed by atoms with E-state index in [1.807, 2.05) is 0 Å². The molecule has 1 atom stereocenters. The van der Waals surface area contributed by atoms with Gasteiger partial charge in [-0.3, -0.25) is 9.59 Å². The summed E-state index contributed by atoms with van der Waals surface area (Å²) in [4.78, 5) is 25.6. The van der Waals surface area contributed by atoms with Gasteiger partial charge in [-0.05, 0) is 17.5 Å². The first kappa shape index (κ1) is 18.2. The number of nitrogens with one attached hydrogen (secondary N) is 1. The summed E-state index contributed by atoms with van der Waals surface area (Å²) in [5.41, 5.74) is 0.908. The van der Waals surface area contributed by atoms with E-state index >= 15 is 0 Å². The summed E-state index contributed by atoms with van der Waals surface area (Å²) in [5.74, 6) is -0.496. The standard InChI is InChI=1S/C18H18F3N3O2/c1-11(12-3-2-4-14(8-12)18(19,20)21)7-17(26)24-6-5-15-13(10-24)9-16(25)23-22-15/h2-4,8-9,11H,5-7,10H2,1H3,(H,23,25). The number of aromatic amines is 1. The molecule has 0 spiro atoms. The van der Waals surface area contributed by atoms with Crippen LogP contribution in [-0.4, -0.2) is 27.5 Å². The van der Waals surface area contributed by atoms with E-state index in [0.717, 1.165) is 17.8 Å². The normalized spacial score (nSPS) is 15.5. The van der Waals surface area contributed by atoms with Crippen LogP contribution in [0.3, 0.4) is 0 Å². The highest BCUT2D eigenvalue weighted by Gasteiger charge is 2.31. The van der Waals surface area contributed by atoms with Crippen molar-refractivity contribution in [3.8, 4) is 0 Å². The Kier molecular flexibility index (Phi) is 4.84. The summed E-state index contributed by atoms with van der Waals surface area (Å²) in [6.07, 6.45) is -3.76. The first-order valence-electron chi connectivity index (χ1n) is 8.26. The van der Waals surface area contributed by atoms with Gasteiger partial charge in [-0.1, -0.05) is 25.1 Å². The van der Waals surface area contributed by atoms with Crippen LogP contribution in [0.4, 0.5) is 13.2 Å². The molecule has 138 valence electrons. The molecule has 1 aromatic carbocycles.